The van der Waals surface area contributed by atoms with E-state index in [1.54, 1.807) is 0 Å². The topological polar surface area (TPSA) is 21.3 Å². The third kappa shape index (κ3) is 4.42. The molecule has 16 heavy (non-hydrogen) atoms. The summed E-state index contributed by atoms with van der Waals surface area (Å²) in [5.41, 5.74) is 0.127. The molecule has 2 nitrogen and oxygen atoms in total. The van der Waals surface area contributed by atoms with E-state index in [1.165, 1.54) is 38.5 Å². The van der Waals surface area contributed by atoms with E-state index in [4.69, 9.17) is 4.74 Å². The number of hydrogen-bond acceptors (Lipinski definition) is 2. The third-order valence-electron chi connectivity index (χ3n) is 3.74. The quantitative estimate of drug-likeness (QED) is 0.701. The standard InChI is InChI=1S/C14H29NO/c1-4-13(3)16-14(12-15-5-2)10-8-6-7-9-11-14/h13,15H,4-12H2,1-3H3. The van der Waals surface area contributed by atoms with Gasteiger partial charge in [0.2, 0.25) is 0 Å². The molecular formula is C14H29NO. The second-order valence-electron chi connectivity index (χ2n) is 5.21. The number of hydrogen-bond donors (Lipinski definition) is 1. The molecule has 1 N–H and O–H groups in total. The van der Waals surface area contributed by atoms with Crippen LogP contribution in [0.4, 0.5) is 0 Å². The molecule has 0 aromatic carbocycles. The first-order chi connectivity index (χ1) is 7.72. The van der Waals surface area contributed by atoms with E-state index in [0.717, 1.165) is 19.5 Å². The molecule has 1 aliphatic rings. The minimum absolute atomic E-state index is 0.127. The van der Waals surface area contributed by atoms with Gasteiger partial charge in [0.15, 0.2) is 0 Å². The highest BCUT2D eigenvalue weighted by Gasteiger charge is 2.32. The normalized spacial score (nSPS) is 22.7. The van der Waals surface area contributed by atoms with E-state index in [0.29, 0.717) is 6.10 Å². The summed E-state index contributed by atoms with van der Waals surface area (Å²) in [5.74, 6) is 0. The molecule has 2 heteroatoms. The summed E-state index contributed by atoms with van der Waals surface area (Å²) < 4.78 is 6.35. The van der Waals surface area contributed by atoms with Gasteiger partial charge in [-0.25, -0.2) is 0 Å². The van der Waals surface area contributed by atoms with Gasteiger partial charge in [-0.3, -0.25) is 0 Å². The molecule has 0 aromatic heterocycles. The second kappa shape index (κ2) is 7.29. The van der Waals surface area contributed by atoms with Gasteiger partial charge in [-0.05, 0) is 32.7 Å². The number of rotatable bonds is 6. The van der Waals surface area contributed by atoms with Crippen molar-refractivity contribution in [2.24, 2.45) is 0 Å². The first kappa shape index (κ1) is 14.0. The lowest BCUT2D eigenvalue weighted by molar-refractivity contribution is -0.0950. The predicted molar refractivity (Wildman–Crippen MR) is 69.8 cm³/mol. The van der Waals surface area contributed by atoms with Gasteiger partial charge < -0.3 is 10.1 Å². The summed E-state index contributed by atoms with van der Waals surface area (Å²) in [5, 5.41) is 3.49. The molecule has 0 saturated heterocycles. The van der Waals surface area contributed by atoms with Crippen molar-refractivity contribution in [2.45, 2.75) is 77.4 Å². The Balaban J connectivity index is 2.57. The fraction of sp³-hybridized carbons (Fsp3) is 1.00. The van der Waals surface area contributed by atoms with Gasteiger partial charge in [-0.2, -0.15) is 0 Å². The summed E-state index contributed by atoms with van der Waals surface area (Å²) in [7, 11) is 0. The molecule has 1 rings (SSSR count). The van der Waals surface area contributed by atoms with E-state index in [9.17, 15) is 0 Å². The van der Waals surface area contributed by atoms with Crippen molar-refractivity contribution in [3.05, 3.63) is 0 Å². The highest BCUT2D eigenvalue weighted by molar-refractivity contribution is 4.86. The van der Waals surface area contributed by atoms with Crippen LogP contribution >= 0.6 is 0 Å². The molecule has 1 fully saturated rings. The fourth-order valence-corrected chi connectivity index (χ4v) is 2.57. The zero-order valence-corrected chi connectivity index (χ0v) is 11.3. The largest absolute Gasteiger partial charge is 0.371 e. The van der Waals surface area contributed by atoms with Crippen LogP contribution in [-0.2, 0) is 4.74 Å². The van der Waals surface area contributed by atoms with Gasteiger partial charge in [0.1, 0.15) is 0 Å². The maximum absolute atomic E-state index is 6.35. The van der Waals surface area contributed by atoms with Gasteiger partial charge in [0.05, 0.1) is 11.7 Å². The Labute approximate surface area is 101 Å². The van der Waals surface area contributed by atoms with Crippen molar-refractivity contribution >= 4 is 0 Å². The molecule has 0 heterocycles. The number of ether oxygens (including phenoxy) is 1. The first-order valence-corrected chi connectivity index (χ1v) is 7.11. The van der Waals surface area contributed by atoms with Crippen molar-refractivity contribution in [3.8, 4) is 0 Å². The minimum atomic E-state index is 0.127. The van der Waals surface area contributed by atoms with E-state index in [2.05, 4.69) is 26.1 Å². The zero-order valence-electron chi connectivity index (χ0n) is 11.3. The molecule has 96 valence electrons. The SMILES string of the molecule is CCNCC1(OC(C)CC)CCCCCC1. The minimum Gasteiger partial charge on any atom is -0.371 e. The van der Waals surface area contributed by atoms with Crippen LogP contribution < -0.4 is 5.32 Å². The lowest BCUT2D eigenvalue weighted by atomic mass is 9.93. The molecule has 1 aliphatic carbocycles. The van der Waals surface area contributed by atoms with Crippen LogP contribution in [0.5, 0.6) is 0 Å². The molecule has 0 bridgehead atoms. The Morgan fingerprint density at radius 1 is 1.12 bits per heavy atom. The molecule has 1 unspecified atom stereocenters. The van der Waals surface area contributed by atoms with Crippen LogP contribution in [0.1, 0.15) is 65.7 Å². The van der Waals surface area contributed by atoms with Crippen molar-refractivity contribution in [3.63, 3.8) is 0 Å². The molecule has 0 amide bonds. The molecule has 1 atom stereocenters. The Morgan fingerprint density at radius 3 is 2.25 bits per heavy atom. The lowest BCUT2D eigenvalue weighted by Gasteiger charge is -2.36. The Kier molecular flexibility index (Phi) is 6.37. The van der Waals surface area contributed by atoms with Crippen LogP contribution in [0.25, 0.3) is 0 Å². The van der Waals surface area contributed by atoms with Gasteiger partial charge in [-0.1, -0.05) is 39.5 Å². The van der Waals surface area contributed by atoms with E-state index >= 15 is 0 Å². The Bertz CT molecular complexity index is 174. The van der Waals surface area contributed by atoms with E-state index < -0.39 is 0 Å². The van der Waals surface area contributed by atoms with Crippen LogP contribution in [0.15, 0.2) is 0 Å². The van der Waals surface area contributed by atoms with Crippen LogP contribution in [-0.4, -0.2) is 24.8 Å². The Morgan fingerprint density at radius 2 is 1.75 bits per heavy atom. The molecule has 0 radical (unpaired) electrons. The highest BCUT2D eigenvalue weighted by Crippen LogP contribution is 2.31. The Hall–Kier alpha value is -0.0800. The monoisotopic (exact) mass is 227 g/mol. The summed E-state index contributed by atoms with van der Waals surface area (Å²) in [4.78, 5) is 0. The molecule has 1 saturated carbocycles. The third-order valence-corrected chi connectivity index (χ3v) is 3.74. The summed E-state index contributed by atoms with van der Waals surface area (Å²) in [6, 6.07) is 0. The first-order valence-electron chi connectivity index (χ1n) is 7.11. The lowest BCUT2D eigenvalue weighted by Crippen LogP contribution is -2.44. The van der Waals surface area contributed by atoms with E-state index in [1.807, 2.05) is 0 Å². The average molecular weight is 227 g/mol. The van der Waals surface area contributed by atoms with Crippen LogP contribution in [0, 0.1) is 0 Å². The van der Waals surface area contributed by atoms with E-state index in [-0.39, 0.29) is 5.60 Å². The molecule has 0 spiro atoms. The van der Waals surface area contributed by atoms with Crippen molar-refractivity contribution in [1.82, 2.24) is 5.32 Å². The average Bonchev–Trinajstić information content (AvgIpc) is 2.52. The summed E-state index contributed by atoms with van der Waals surface area (Å²) in [6.07, 6.45) is 9.44. The van der Waals surface area contributed by atoms with Gasteiger partial charge in [-0.15, -0.1) is 0 Å². The molecule has 0 aromatic rings. The second-order valence-corrected chi connectivity index (χ2v) is 5.21. The summed E-state index contributed by atoms with van der Waals surface area (Å²) >= 11 is 0. The van der Waals surface area contributed by atoms with Crippen LogP contribution in [0.2, 0.25) is 0 Å². The predicted octanol–water partition coefficient (Wildman–Crippen LogP) is 3.50. The van der Waals surface area contributed by atoms with Gasteiger partial charge >= 0.3 is 0 Å². The zero-order chi connectivity index (χ0) is 11.9. The van der Waals surface area contributed by atoms with Gasteiger partial charge in [0.25, 0.3) is 0 Å². The highest BCUT2D eigenvalue weighted by atomic mass is 16.5. The molecular weight excluding hydrogens is 198 g/mol. The maximum atomic E-state index is 6.35. The number of nitrogens with one attached hydrogen (secondary N) is 1. The fourth-order valence-electron chi connectivity index (χ4n) is 2.57. The van der Waals surface area contributed by atoms with Gasteiger partial charge in [0, 0.05) is 6.54 Å². The van der Waals surface area contributed by atoms with Crippen molar-refractivity contribution < 1.29 is 4.74 Å². The summed E-state index contributed by atoms with van der Waals surface area (Å²) in [6.45, 7) is 8.67. The van der Waals surface area contributed by atoms with Crippen LogP contribution in [0.3, 0.4) is 0 Å². The smallest absolute Gasteiger partial charge is 0.0809 e. The van der Waals surface area contributed by atoms with Crippen molar-refractivity contribution in [1.29, 1.82) is 0 Å². The molecule has 0 aliphatic heterocycles. The van der Waals surface area contributed by atoms with Crippen molar-refractivity contribution in [2.75, 3.05) is 13.1 Å². The maximum Gasteiger partial charge on any atom is 0.0809 e. The number of likely N-dealkylation sites (N-methyl/N-ethyl adjacent to an activating group) is 1.